The second-order valence-electron chi connectivity index (χ2n) is 5.48. The molecule has 1 aliphatic carbocycles. The Kier molecular flexibility index (Phi) is 2.75. The number of likely N-dealkylation sites (tertiary alicyclic amines) is 1. The molecule has 1 aliphatic heterocycles. The van der Waals surface area contributed by atoms with Crippen LogP contribution in [0.15, 0.2) is 0 Å². The summed E-state index contributed by atoms with van der Waals surface area (Å²) in [6.07, 6.45) is 4.35. The van der Waals surface area contributed by atoms with E-state index in [1.165, 1.54) is 12.8 Å². The van der Waals surface area contributed by atoms with Crippen LogP contribution in [-0.4, -0.2) is 35.1 Å². The van der Waals surface area contributed by atoms with Crippen molar-refractivity contribution in [3.05, 3.63) is 0 Å². The van der Waals surface area contributed by atoms with Gasteiger partial charge in [-0.1, -0.05) is 0 Å². The van der Waals surface area contributed by atoms with Gasteiger partial charge in [0.1, 0.15) is 0 Å². The van der Waals surface area contributed by atoms with E-state index in [1.54, 1.807) is 0 Å². The number of nitrogens with zero attached hydrogens (tertiary/aromatic N) is 1. The number of piperidine rings is 1. The summed E-state index contributed by atoms with van der Waals surface area (Å²) < 4.78 is 0. The third-order valence-electron chi connectivity index (χ3n) is 4.30. The van der Waals surface area contributed by atoms with Gasteiger partial charge < -0.3 is 10.0 Å². The van der Waals surface area contributed by atoms with Gasteiger partial charge in [0.25, 0.3) is 0 Å². The Morgan fingerprint density at radius 2 is 1.93 bits per heavy atom. The zero-order valence-electron chi connectivity index (χ0n) is 9.70. The van der Waals surface area contributed by atoms with Gasteiger partial charge in [0, 0.05) is 6.04 Å². The number of rotatable bonds is 3. The topological polar surface area (TPSA) is 40.5 Å². The molecule has 0 spiro atoms. The van der Waals surface area contributed by atoms with Gasteiger partial charge in [-0.25, -0.2) is 0 Å². The maximum Gasteiger partial charge on any atom is 0.309 e. The lowest BCUT2D eigenvalue weighted by atomic mass is 9.80. The summed E-state index contributed by atoms with van der Waals surface area (Å²) in [5.74, 6) is 0.264. The van der Waals surface area contributed by atoms with E-state index in [0.29, 0.717) is 6.04 Å². The minimum absolute atomic E-state index is 0.472. The van der Waals surface area contributed by atoms with Gasteiger partial charge >= 0.3 is 5.97 Å². The molecule has 2 rings (SSSR count). The Labute approximate surface area is 91.5 Å². The Hall–Kier alpha value is -0.570. The Morgan fingerprint density at radius 3 is 2.33 bits per heavy atom. The minimum Gasteiger partial charge on any atom is -0.481 e. The first kappa shape index (κ1) is 10.9. The molecule has 0 aromatic rings. The summed E-state index contributed by atoms with van der Waals surface area (Å²) >= 11 is 0. The molecular formula is C12H21NO2. The van der Waals surface area contributed by atoms with Gasteiger partial charge in [0.05, 0.1) is 5.41 Å². The van der Waals surface area contributed by atoms with Gasteiger partial charge in [-0.15, -0.1) is 0 Å². The first-order valence-corrected chi connectivity index (χ1v) is 6.00. The second-order valence-corrected chi connectivity index (χ2v) is 5.48. The van der Waals surface area contributed by atoms with E-state index in [-0.39, 0.29) is 0 Å². The number of aliphatic carboxylic acids is 1. The van der Waals surface area contributed by atoms with Crippen molar-refractivity contribution in [3.63, 3.8) is 0 Å². The lowest BCUT2D eigenvalue weighted by molar-refractivity contribution is -0.151. The van der Waals surface area contributed by atoms with Gasteiger partial charge in [0.2, 0.25) is 0 Å². The third-order valence-corrected chi connectivity index (χ3v) is 4.30. The first-order chi connectivity index (χ1) is 7.03. The fourth-order valence-electron chi connectivity index (χ4n) is 2.52. The van der Waals surface area contributed by atoms with Crippen LogP contribution in [0, 0.1) is 11.3 Å². The van der Waals surface area contributed by atoms with Crippen LogP contribution in [0.5, 0.6) is 0 Å². The van der Waals surface area contributed by atoms with E-state index < -0.39 is 11.4 Å². The monoisotopic (exact) mass is 211 g/mol. The Morgan fingerprint density at radius 1 is 1.40 bits per heavy atom. The number of carboxylic acids is 1. The van der Waals surface area contributed by atoms with Crippen LogP contribution in [0.3, 0.4) is 0 Å². The van der Waals surface area contributed by atoms with Gasteiger partial charge in [-0.3, -0.25) is 4.79 Å². The predicted octanol–water partition coefficient (Wildman–Crippen LogP) is 1.97. The quantitative estimate of drug-likeness (QED) is 0.776. The minimum atomic E-state index is -0.624. The van der Waals surface area contributed by atoms with Crippen LogP contribution in [-0.2, 0) is 4.79 Å². The zero-order valence-corrected chi connectivity index (χ0v) is 9.70. The lowest BCUT2D eigenvalue weighted by Crippen LogP contribution is -2.46. The highest BCUT2D eigenvalue weighted by molar-refractivity contribution is 5.74. The number of carboxylic acid groups (broad SMARTS) is 1. The van der Waals surface area contributed by atoms with Crippen LogP contribution in [0.4, 0.5) is 0 Å². The van der Waals surface area contributed by atoms with E-state index in [9.17, 15) is 4.79 Å². The highest BCUT2D eigenvalue weighted by atomic mass is 16.4. The summed E-state index contributed by atoms with van der Waals surface area (Å²) in [6.45, 7) is 6.09. The van der Waals surface area contributed by atoms with E-state index in [4.69, 9.17) is 5.11 Å². The highest BCUT2D eigenvalue weighted by Gasteiger charge is 2.40. The molecule has 86 valence electrons. The summed E-state index contributed by atoms with van der Waals surface area (Å²) in [7, 11) is 0. The van der Waals surface area contributed by atoms with Crippen LogP contribution < -0.4 is 0 Å². The van der Waals surface area contributed by atoms with Crippen molar-refractivity contribution >= 4 is 5.97 Å². The van der Waals surface area contributed by atoms with Crippen molar-refractivity contribution in [1.82, 2.24) is 4.90 Å². The molecule has 0 aromatic heterocycles. The molecule has 1 unspecified atom stereocenters. The van der Waals surface area contributed by atoms with Gasteiger partial charge in [-0.05, 0) is 58.5 Å². The van der Waals surface area contributed by atoms with Crippen molar-refractivity contribution in [2.24, 2.45) is 11.3 Å². The molecule has 1 N–H and O–H groups in total. The van der Waals surface area contributed by atoms with E-state index in [0.717, 1.165) is 31.8 Å². The van der Waals surface area contributed by atoms with Crippen LogP contribution in [0.1, 0.15) is 39.5 Å². The lowest BCUT2D eigenvalue weighted by Gasteiger charge is -2.39. The Bertz CT molecular complexity index is 252. The largest absolute Gasteiger partial charge is 0.481 e. The molecule has 3 nitrogen and oxygen atoms in total. The number of hydrogen-bond acceptors (Lipinski definition) is 2. The zero-order chi connectivity index (χ0) is 11.1. The smallest absolute Gasteiger partial charge is 0.309 e. The molecule has 1 atom stereocenters. The molecule has 2 fully saturated rings. The molecule has 1 saturated carbocycles. The fraction of sp³-hybridized carbons (Fsp3) is 0.917. The average molecular weight is 211 g/mol. The summed E-state index contributed by atoms with van der Waals surface area (Å²) in [5.41, 5.74) is -0.472. The van der Waals surface area contributed by atoms with Crippen LogP contribution in [0.25, 0.3) is 0 Å². The van der Waals surface area contributed by atoms with Crippen molar-refractivity contribution in [2.75, 3.05) is 13.1 Å². The van der Waals surface area contributed by atoms with Crippen molar-refractivity contribution in [3.8, 4) is 0 Å². The number of carbonyl (C=O) groups is 1. The van der Waals surface area contributed by atoms with Gasteiger partial charge in [-0.2, -0.15) is 0 Å². The van der Waals surface area contributed by atoms with E-state index in [1.807, 2.05) is 6.92 Å². The highest BCUT2D eigenvalue weighted by Crippen LogP contribution is 2.38. The van der Waals surface area contributed by atoms with E-state index in [2.05, 4.69) is 11.8 Å². The van der Waals surface area contributed by atoms with E-state index >= 15 is 0 Å². The predicted molar refractivity (Wildman–Crippen MR) is 58.7 cm³/mol. The van der Waals surface area contributed by atoms with Crippen molar-refractivity contribution in [2.45, 2.75) is 45.6 Å². The molecular weight excluding hydrogens is 190 g/mol. The molecule has 3 heteroatoms. The maximum absolute atomic E-state index is 11.1. The molecule has 2 aliphatic rings. The van der Waals surface area contributed by atoms with Crippen LogP contribution >= 0.6 is 0 Å². The summed E-state index contributed by atoms with van der Waals surface area (Å²) in [5, 5.41) is 9.13. The molecule has 0 aromatic carbocycles. The molecule has 15 heavy (non-hydrogen) atoms. The normalized spacial score (nSPS) is 28.7. The van der Waals surface area contributed by atoms with Crippen molar-refractivity contribution < 1.29 is 9.90 Å². The van der Waals surface area contributed by atoms with Crippen LogP contribution in [0.2, 0.25) is 0 Å². The fourth-order valence-corrected chi connectivity index (χ4v) is 2.52. The third kappa shape index (κ3) is 2.17. The molecule has 0 bridgehead atoms. The summed E-state index contributed by atoms with van der Waals surface area (Å²) in [6, 6.07) is 0.670. The molecule has 1 saturated heterocycles. The van der Waals surface area contributed by atoms with Gasteiger partial charge in [0.15, 0.2) is 0 Å². The standard InChI is InChI=1S/C12H21NO2/c1-9(10-3-4-10)13-7-5-12(2,6-8-13)11(14)15/h9-10H,3-8H2,1-2H3,(H,14,15). The SMILES string of the molecule is CC(C1CC1)N1CCC(C)(C(=O)O)CC1. The first-order valence-electron chi connectivity index (χ1n) is 6.00. The number of hydrogen-bond donors (Lipinski definition) is 1. The Balaban J connectivity index is 1.88. The molecule has 1 heterocycles. The summed E-state index contributed by atoms with van der Waals surface area (Å²) in [4.78, 5) is 13.6. The molecule has 0 radical (unpaired) electrons. The second kappa shape index (κ2) is 3.78. The van der Waals surface area contributed by atoms with Crippen molar-refractivity contribution in [1.29, 1.82) is 0 Å². The maximum atomic E-state index is 11.1. The molecule has 0 amide bonds. The average Bonchev–Trinajstić information content (AvgIpc) is 3.01.